The van der Waals surface area contributed by atoms with Crippen LogP contribution in [0.15, 0.2) is 218 Å². The molecule has 1 heterocycles. The summed E-state index contributed by atoms with van der Waals surface area (Å²) in [5.41, 5.74) is 12.5. The first-order valence-corrected chi connectivity index (χ1v) is 21.1. The number of anilines is 3. The number of alkyl halides is 3. The zero-order valence-corrected chi connectivity index (χ0v) is 34.3. The third-order valence-corrected chi connectivity index (χ3v) is 12.3. The van der Waals surface area contributed by atoms with Crippen molar-refractivity contribution in [2.24, 2.45) is 0 Å². The summed E-state index contributed by atoms with van der Waals surface area (Å²) in [5.74, 6) is 0. The minimum atomic E-state index is -4.45. The van der Waals surface area contributed by atoms with E-state index in [9.17, 15) is 13.2 Å². The van der Waals surface area contributed by atoms with Crippen LogP contribution in [0.25, 0.3) is 82.4 Å². The molecule has 0 N–H and O–H groups in total. The Balaban J connectivity index is 0.979. The van der Waals surface area contributed by atoms with Gasteiger partial charge in [-0.2, -0.15) is 13.2 Å². The molecule has 0 radical (unpaired) electrons. The van der Waals surface area contributed by atoms with Gasteiger partial charge in [-0.1, -0.05) is 151 Å². The van der Waals surface area contributed by atoms with E-state index in [1.807, 2.05) is 60.4 Å². The smallest absolute Gasteiger partial charge is 0.310 e. The van der Waals surface area contributed by atoms with E-state index in [0.29, 0.717) is 5.69 Å². The number of rotatable bonds is 7. The van der Waals surface area contributed by atoms with Crippen LogP contribution in [0.5, 0.6) is 0 Å². The van der Waals surface area contributed by atoms with E-state index in [-0.39, 0.29) is 0 Å². The summed E-state index contributed by atoms with van der Waals surface area (Å²) < 4.78 is 43.9. The summed E-state index contributed by atoms with van der Waals surface area (Å²) in [6.45, 7) is 1.99. The van der Waals surface area contributed by atoms with E-state index in [1.54, 1.807) is 6.07 Å². The first-order chi connectivity index (χ1) is 30.8. The van der Waals surface area contributed by atoms with Crippen molar-refractivity contribution in [3.8, 4) is 39.1 Å². The molecule has 63 heavy (non-hydrogen) atoms. The van der Waals surface area contributed by atoms with Gasteiger partial charge in [-0.15, -0.1) is 0 Å². The van der Waals surface area contributed by atoms with Gasteiger partial charge in [0.2, 0.25) is 0 Å². The van der Waals surface area contributed by atoms with Gasteiger partial charge < -0.3 is 9.47 Å². The SMILES string of the molecule is Cc1ccc(N(c2ccc(-c3ccc4c(c3)c3ccccc3n4-c3ccc(-c4c5ccccc5c(-c5ccccc5)c5ccccc45)cc3)cc2)c2cccc(C(F)(F)F)c2)cc1. The number of hydrogen-bond acceptors (Lipinski definition) is 1. The van der Waals surface area contributed by atoms with Gasteiger partial charge in [-0.3, -0.25) is 0 Å². The number of aromatic nitrogens is 1. The second kappa shape index (κ2) is 15.2. The Kier molecular flexibility index (Phi) is 9.20. The van der Waals surface area contributed by atoms with Crippen molar-refractivity contribution in [2.45, 2.75) is 13.1 Å². The molecule has 11 aromatic rings. The molecule has 10 aromatic carbocycles. The lowest BCUT2D eigenvalue weighted by Gasteiger charge is -2.26. The average Bonchev–Trinajstić information content (AvgIpc) is 3.65. The van der Waals surface area contributed by atoms with Crippen molar-refractivity contribution in [1.82, 2.24) is 4.57 Å². The Morgan fingerprint density at radius 2 is 0.857 bits per heavy atom. The maximum Gasteiger partial charge on any atom is 0.416 e. The summed E-state index contributed by atoms with van der Waals surface area (Å²) in [6.07, 6.45) is -4.45. The van der Waals surface area contributed by atoms with Gasteiger partial charge in [0.05, 0.1) is 16.6 Å². The zero-order chi connectivity index (χ0) is 42.7. The van der Waals surface area contributed by atoms with Gasteiger partial charge in [-0.05, 0) is 135 Å². The largest absolute Gasteiger partial charge is 0.416 e. The lowest BCUT2D eigenvalue weighted by molar-refractivity contribution is -0.137. The van der Waals surface area contributed by atoms with E-state index in [1.165, 1.54) is 50.4 Å². The minimum absolute atomic E-state index is 0.436. The van der Waals surface area contributed by atoms with Crippen molar-refractivity contribution in [3.05, 3.63) is 230 Å². The van der Waals surface area contributed by atoms with Crippen LogP contribution in [-0.4, -0.2) is 4.57 Å². The predicted molar refractivity (Wildman–Crippen MR) is 257 cm³/mol. The molecule has 0 saturated heterocycles. The molecule has 0 fully saturated rings. The molecule has 302 valence electrons. The second-order valence-corrected chi connectivity index (χ2v) is 16.1. The molecule has 0 aliphatic carbocycles. The van der Waals surface area contributed by atoms with E-state index in [0.717, 1.165) is 67.2 Å². The molecule has 0 spiro atoms. The van der Waals surface area contributed by atoms with Crippen LogP contribution in [0.4, 0.5) is 30.2 Å². The zero-order valence-electron chi connectivity index (χ0n) is 34.3. The third kappa shape index (κ3) is 6.70. The van der Waals surface area contributed by atoms with Crippen molar-refractivity contribution >= 4 is 60.4 Å². The minimum Gasteiger partial charge on any atom is -0.310 e. The lowest BCUT2D eigenvalue weighted by atomic mass is 9.86. The number of hydrogen-bond donors (Lipinski definition) is 0. The summed E-state index contributed by atoms with van der Waals surface area (Å²) in [4.78, 5) is 1.87. The fourth-order valence-corrected chi connectivity index (χ4v) is 9.33. The highest BCUT2D eigenvalue weighted by atomic mass is 19.4. The predicted octanol–water partition coefficient (Wildman–Crippen LogP) is 16.9. The lowest BCUT2D eigenvalue weighted by Crippen LogP contribution is -2.12. The Morgan fingerprint density at radius 3 is 1.46 bits per heavy atom. The van der Waals surface area contributed by atoms with Crippen LogP contribution in [0, 0.1) is 6.92 Å². The maximum absolute atomic E-state index is 13.8. The van der Waals surface area contributed by atoms with Gasteiger partial charge in [0.1, 0.15) is 0 Å². The average molecular weight is 821 g/mol. The molecule has 2 nitrogen and oxygen atoms in total. The summed E-state index contributed by atoms with van der Waals surface area (Å²) in [7, 11) is 0. The third-order valence-electron chi connectivity index (χ3n) is 12.3. The normalized spacial score (nSPS) is 11.8. The topological polar surface area (TPSA) is 8.17 Å². The van der Waals surface area contributed by atoms with Crippen molar-refractivity contribution in [3.63, 3.8) is 0 Å². The molecule has 0 aliphatic rings. The van der Waals surface area contributed by atoms with E-state index < -0.39 is 11.7 Å². The van der Waals surface area contributed by atoms with Crippen molar-refractivity contribution in [2.75, 3.05) is 4.90 Å². The Bertz CT molecular complexity index is 3420. The van der Waals surface area contributed by atoms with E-state index >= 15 is 0 Å². The molecule has 0 bridgehead atoms. The van der Waals surface area contributed by atoms with Crippen molar-refractivity contribution < 1.29 is 13.2 Å². The quantitative estimate of drug-likeness (QED) is 0.145. The number of benzene rings is 10. The maximum atomic E-state index is 13.8. The molecule has 5 heteroatoms. The molecule has 11 rings (SSSR count). The van der Waals surface area contributed by atoms with Gasteiger partial charge in [0.15, 0.2) is 0 Å². The number of nitrogens with zero attached hydrogens (tertiary/aromatic N) is 2. The highest BCUT2D eigenvalue weighted by Gasteiger charge is 2.31. The standard InChI is InChI=1S/C58H39F3N2/c1-38-22-29-44(30-23-38)62(47-15-11-14-43(37-47)58(59,60)61)45-31-24-39(25-32-45)42-28-35-55-53(36-42)48-16-9-10-21-54(48)63(55)46-33-26-41(27-34-46)57-51-19-7-5-17-49(51)56(40-12-3-2-4-13-40)50-18-6-8-20-52(50)57/h2-37H,1H3. The van der Waals surface area contributed by atoms with Crippen LogP contribution < -0.4 is 4.90 Å². The van der Waals surface area contributed by atoms with Crippen LogP contribution >= 0.6 is 0 Å². The summed E-state index contributed by atoms with van der Waals surface area (Å²) in [5, 5.41) is 7.19. The highest BCUT2D eigenvalue weighted by molar-refractivity contribution is 6.21. The number of aryl methyl sites for hydroxylation is 1. The summed E-state index contributed by atoms with van der Waals surface area (Å²) in [6, 6.07) is 73.6. The molecule has 0 saturated carbocycles. The molecular weight excluding hydrogens is 782 g/mol. The van der Waals surface area contributed by atoms with Gasteiger partial charge in [0.25, 0.3) is 0 Å². The highest BCUT2D eigenvalue weighted by Crippen LogP contribution is 2.45. The fraction of sp³-hybridized carbons (Fsp3) is 0.0345. The first kappa shape index (κ1) is 38.1. The molecule has 1 aromatic heterocycles. The molecule has 0 unspecified atom stereocenters. The van der Waals surface area contributed by atoms with Gasteiger partial charge in [-0.25, -0.2) is 0 Å². The fourth-order valence-electron chi connectivity index (χ4n) is 9.33. The Labute approximate surface area is 363 Å². The number of para-hydroxylation sites is 1. The number of halogens is 3. The molecule has 0 amide bonds. The van der Waals surface area contributed by atoms with Crippen molar-refractivity contribution in [1.29, 1.82) is 0 Å². The van der Waals surface area contributed by atoms with Crippen LogP contribution in [0.2, 0.25) is 0 Å². The second-order valence-electron chi connectivity index (χ2n) is 16.1. The van der Waals surface area contributed by atoms with Gasteiger partial charge >= 0.3 is 6.18 Å². The molecular formula is C58H39F3N2. The van der Waals surface area contributed by atoms with Crippen LogP contribution in [-0.2, 0) is 6.18 Å². The summed E-state index contributed by atoms with van der Waals surface area (Å²) >= 11 is 0. The van der Waals surface area contributed by atoms with Gasteiger partial charge in [0, 0.05) is 33.5 Å². The Hall–Kier alpha value is -7.89. The first-order valence-electron chi connectivity index (χ1n) is 21.1. The van der Waals surface area contributed by atoms with E-state index in [4.69, 9.17) is 0 Å². The Morgan fingerprint density at radius 1 is 0.365 bits per heavy atom. The van der Waals surface area contributed by atoms with E-state index in [2.05, 4.69) is 150 Å². The molecule has 0 aliphatic heterocycles. The van der Waals surface area contributed by atoms with Crippen LogP contribution in [0.1, 0.15) is 11.1 Å². The number of fused-ring (bicyclic) bond motifs is 5. The monoisotopic (exact) mass is 820 g/mol. The van der Waals surface area contributed by atoms with Crippen LogP contribution in [0.3, 0.4) is 0 Å². The molecule has 0 atom stereocenters.